The Morgan fingerprint density at radius 1 is 1.24 bits per heavy atom. The van der Waals surface area contributed by atoms with Crippen LogP contribution in [0.4, 0.5) is 11.5 Å². The highest BCUT2D eigenvalue weighted by Gasteiger charge is 2.08. The van der Waals surface area contributed by atoms with Crippen LogP contribution in [-0.2, 0) is 6.42 Å². The maximum Gasteiger partial charge on any atom is 0.335 e. The van der Waals surface area contributed by atoms with Gasteiger partial charge >= 0.3 is 5.97 Å². The average Bonchev–Trinajstić information content (AvgIpc) is 2.49. The van der Waals surface area contributed by atoms with Gasteiger partial charge in [-0.25, -0.2) is 9.78 Å². The Hall–Kier alpha value is -2.56. The van der Waals surface area contributed by atoms with E-state index in [2.05, 4.69) is 10.3 Å². The van der Waals surface area contributed by atoms with Gasteiger partial charge in [0.25, 0.3) is 0 Å². The molecule has 0 aliphatic rings. The Morgan fingerprint density at radius 3 is 2.52 bits per heavy atom. The highest BCUT2D eigenvalue weighted by Crippen LogP contribution is 2.20. The van der Waals surface area contributed by atoms with E-state index < -0.39 is 5.97 Å². The molecule has 0 amide bonds. The Balaban J connectivity index is 2.21. The summed E-state index contributed by atoms with van der Waals surface area (Å²) in [6.45, 7) is 4.49. The smallest absolute Gasteiger partial charge is 0.335 e. The molecule has 5 heteroatoms. The topological polar surface area (TPSA) is 71.5 Å². The van der Waals surface area contributed by atoms with Gasteiger partial charge < -0.3 is 15.2 Å². The summed E-state index contributed by atoms with van der Waals surface area (Å²) in [5, 5.41) is 12.2. The minimum Gasteiger partial charge on any atom is -0.494 e. The first-order valence-corrected chi connectivity index (χ1v) is 6.86. The number of nitrogens with zero attached hydrogens (tertiary/aromatic N) is 1. The molecular weight excluding hydrogens is 268 g/mol. The first kappa shape index (κ1) is 14.8. The van der Waals surface area contributed by atoms with Crippen LogP contribution < -0.4 is 10.1 Å². The molecule has 2 rings (SSSR count). The fraction of sp³-hybridized carbons (Fsp3) is 0.250. The Kier molecular flexibility index (Phi) is 4.77. The molecule has 1 heterocycles. The molecule has 110 valence electrons. The van der Waals surface area contributed by atoms with Crippen LogP contribution in [0.1, 0.15) is 29.9 Å². The number of carbonyl (C=O) groups is 1. The number of hydrogen-bond donors (Lipinski definition) is 2. The molecule has 0 saturated carbocycles. The number of carboxylic acids is 1. The zero-order chi connectivity index (χ0) is 15.2. The van der Waals surface area contributed by atoms with Crippen molar-refractivity contribution >= 4 is 17.5 Å². The van der Waals surface area contributed by atoms with Gasteiger partial charge in [-0.2, -0.15) is 0 Å². The number of hydrogen-bond acceptors (Lipinski definition) is 4. The van der Waals surface area contributed by atoms with E-state index in [1.54, 1.807) is 6.07 Å². The summed E-state index contributed by atoms with van der Waals surface area (Å²) in [4.78, 5) is 15.5. The summed E-state index contributed by atoms with van der Waals surface area (Å²) in [6, 6.07) is 10.6. The number of ether oxygens (including phenoxy) is 1. The van der Waals surface area contributed by atoms with Crippen molar-refractivity contribution in [1.29, 1.82) is 0 Å². The number of carboxylic acid groups (broad SMARTS) is 1. The summed E-state index contributed by atoms with van der Waals surface area (Å²) in [5.41, 5.74) is 1.80. The number of rotatable bonds is 6. The molecule has 5 nitrogen and oxygen atoms in total. The van der Waals surface area contributed by atoms with Crippen LogP contribution in [0.15, 0.2) is 36.4 Å². The second kappa shape index (κ2) is 6.74. The number of aromatic carboxylic acids is 1. The van der Waals surface area contributed by atoms with E-state index in [-0.39, 0.29) is 5.56 Å². The SMILES string of the molecule is CCOc1ccc(Nc2cc(C(=O)O)cc(CC)n2)cc1. The van der Waals surface area contributed by atoms with E-state index in [4.69, 9.17) is 9.84 Å². The van der Waals surface area contributed by atoms with Crippen molar-refractivity contribution in [3.05, 3.63) is 47.7 Å². The van der Waals surface area contributed by atoms with E-state index >= 15 is 0 Å². The number of anilines is 2. The number of pyridine rings is 1. The first-order chi connectivity index (χ1) is 10.1. The van der Waals surface area contributed by atoms with Crippen molar-refractivity contribution in [2.45, 2.75) is 20.3 Å². The maximum atomic E-state index is 11.1. The monoisotopic (exact) mass is 286 g/mol. The quantitative estimate of drug-likeness (QED) is 0.850. The average molecular weight is 286 g/mol. The lowest BCUT2D eigenvalue weighted by molar-refractivity contribution is 0.0696. The number of aryl methyl sites for hydroxylation is 1. The second-order valence-corrected chi connectivity index (χ2v) is 4.47. The van der Waals surface area contributed by atoms with E-state index in [1.807, 2.05) is 38.1 Å². The first-order valence-electron chi connectivity index (χ1n) is 6.86. The predicted octanol–water partition coefficient (Wildman–Crippen LogP) is 3.48. The van der Waals surface area contributed by atoms with Crippen molar-refractivity contribution in [3.8, 4) is 5.75 Å². The Morgan fingerprint density at radius 2 is 1.95 bits per heavy atom. The second-order valence-electron chi connectivity index (χ2n) is 4.47. The van der Waals surface area contributed by atoms with Gasteiger partial charge in [0.2, 0.25) is 0 Å². The van der Waals surface area contributed by atoms with Crippen molar-refractivity contribution in [2.24, 2.45) is 0 Å². The van der Waals surface area contributed by atoms with Gasteiger partial charge in [-0.3, -0.25) is 0 Å². The number of benzene rings is 1. The zero-order valence-electron chi connectivity index (χ0n) is 12.1. The van der Waals surface area contributed by atoms with Crippen LogP contribution >= 0.6 is 0 Å². The predicted molar refractivity (Wildman–Crippen MR) is 81.5 cm³/mol. The van der Waals surface area contributed by atoms with Crippen molar-refractivity contribution in [2.75, 3.05) is 11.9 Å². The zero-order valence-corrected chi connectivity index (χ0v) is 12.1. The van der Waals surface area contributed by atoms with Crippen LogP contribution in [0.25, 0.3) is 0 Å². The van der Waals surface area contributed by atoms with Gasteiger partial charge in [0.05, 0.1) is 12.2 Å². The van der Waals surface area contributed by atoms with Gasteiger partial charge in [-0.1, -0.05) is 6.92 Å². The largest absolute Gasteiger partial charge is 0.494 e. The molecule has 0 unspecified atom stereocenters. The molecule has 2 aromatic rings. The van der Waals surface area contributed by atoms with E-state index in [9.17, 15) is 4.79 Å². The standard InChI is InChI=1S/C16H18N2O3/c1-3-12-9-11(16(19)20)10-15(17-12)18-13-5-7-14(8-6-13)21-4-2/h5-10H,3-4H2,1-2H3,(H,17,18)(H,19,20). The van der Waals surface area contributed by atoms with Crippen LogP contribution in [0, 0.1) is 0 Å². The minimum absolute atomic E-state index is 0.232. The summed E-state index contributed by atoms with van der Waals surface area (Å²) in [7, 11) is 0. The van der Waals surface area contributed by atoms with Crippen molar-refractivity contribution in [3.63, 3.8) is 0 Å². The van der Waals surface area contributed by atoms with Crippen molar-refractivity contribution < 1.29 is 14.6 Å². The lowest BCUT2D eigenvalue weighted by Crippen LogP contribution is -2.03. The summed E-state index contributed by atoms with van der Waals surface area (Å²) in [6.07, 6.45) is 0.680. The molecule has 0 aliphatic carbocycles. The van der Waals surface area contributed by atoms with Gasteiger partial charge in [-0.15, -0.1) is 0 Å². The summed E-state index contributed by atoms with van der Waals surface area (Å²) >= 11 is 0. The Bertz CT molecular complexity index is 624. The summed E-state index contributed by atoms with van der Waals surface area (Å²) in [5.74, 6) is 0.363. The van der Waals surface area contributed by atoms with Gasteiger partial charge in [-0.05, 0) is 49.7 Å². The molecular formula is C16H18N2O3. The van der Waals surface area contributed by atoms with Gasteiger partial charge in [0.1, 0.15) is 11.6 Å². The lowest BCUT2D eigenvalue weighted by Gasteiger charge is -2.09. The van der Waals surface area contributed by atoms with E-state index in [0.717, 1.165) is 17.1 Å². The fourth-order valence-electron chi connectivity index (χ4n) is 1.91. The highest BCUT2D eigenvalue weighted by molar-refractivity contribution is 5.88. The highest BCUT2D eigenvalue weighted by atomic mass is 16.5. The van der Waals surface area contributed by atoms with Crippen LogP contribution in [0.2, 0.25) is 0 Å². The van der Waals surface area contributed by atoms with Crippen LogP contribution in [-0.4, -0.2) is 22.7 Å². The fourth-order valence-corrected chi connectivity index (χ4v) is 1.91. The molecule has 0 radical (unpaired) electrons. The molecule has 0 saturated heterocycles. The third kappa shape index (κ3) is 3.95. The van der Waals surface area contributed by atoms with Crippen molar-refractivity contribution in [1.82, 2.24) is 4.98 Å². The number of aromatic nitrogens is 1. The van der Waals surface area contributed by atoms with Gasteiger partial charge in [0.15, 0.2) is 0 Å². The molecule has 0 aliphatic heterocycles. The van der Waals surface area contributed by atoms with E-state index in [1.165, 1.54) is 6.07 Å². The minimum atomic E-state index is -0.957. The molecule has 21 heavy (non-hydrogen) atoms. The molecule has 0 atom stereocenters. The molecule has 0 bridgehead atoms. The van der Waals surface area contributed by atoms with Crippen LogP contribution in [0.3, 0.4) is 0 Å². The number of nitrogens with one attached hydrogen (secondary N) is 1. The third-order valence-electron chi connectivity index (χ3n) is 2.93. The third-order valence-corrected chi connectivity index (χ3v) is 2.93. The normalized spacial score (nSPS) is 10.2. The lowest BCUT2D eigenvalue weighted by atomic mass is 10.2. The van der Waals surface area contributed by atoms with Gasteiger partial charge in [0, 0.05) is 11.4 Å². The maximum absolute atomic E-state index is 11.1. The Labute approximate surface area is 123 Å². The molecule has 0 spiro atoms. The van der Waals surface area contributed by atoms with E-state index in [0.29, 0.717) is 18.8 Å². The molecule has 2 N–H and O–H groups in total. The molecule has 1 aromatic heterocycles. The molecule has 0 fully saturated rings. The summed E-state index contributed by atoms with van der Waals surface area (Å²) < 4.78 is 5.38. The molecule has 1 aromatic carbocycles. The van der Waals surface area contributed by atoms with Crippen LogP contribution in [0.5, 0.6) is 5.75 Å².